The molecule has 0 atom stereocenters. The van der Waals surface area contributed by atoms with Crippen LogP contribution in [0.2, 0.25) is 0 Å². The predicted molar refractivity (Wildman–Crippen MR) is 93.2 cm³/mol. The standard InChI is InChI=1S/C19H19FN4O2/c1-13-2-4-14(5-3-13)8-16-9-18(26-17-11-25-12-17)22-19(21-16)24-7-6-15(10-20)23-24/h2-7,9,17H,8,10-12H2,1H3. The van der Waals surface area contributed by atoms with Gasteiger partial charge in [-0.3, -0.25) is 0 Å². The van der Waals surface area contributed by atoms with Crippen LogP contribution in [-0.2, 0) is 17.8 Å². The summed E-state index contributed by atoms with van der Waals surface area (Å²) in [5.41, 5.74) is 3.50. The van der Waals surface area contributed by atoms with Crippen LogP contribution in [0.1, 0.15) is 22.5 Å². The molecule has 1 aromatic carbocycles. The van der Waals surface area contributed by atoms with Crippen LogP contribution in [0.5, 0.6) is 5.88 Å². The highest BCUT2D eigenvalue weighted by Crippen LogP contribution is 2.19. The fourth-order valence-corrected chi connectivity index (χ4v) is 2.62. The van der Waals surface area contributed by atoms with Gasteiger partial charge >= 0.3 is 0 Å². The number of aromatic nitrogens is 4. The fraction of sp³-hybridized carbons (Fsp3) is 0.316. The van der Waals surface area contributed by atoms with Gasteiger partial charge in [0.15, 0.2) is 0 Å². The summed E-state index contributed by atoms with van der Waals surface area (Å²) in [7, 11) is 0. The Bertz CT molecular complexity index is 891. The molecule has 7 heteroatoms. The molecule has 2 aromatic heterocycles. The molecule has 134 valence electrons. The van der Waals surface area contributed by atoms with Gasteiger partial charge in [-0.2, -0.15) is 10.1 Å². The van der Waals surface area contributed by atoms with Gasteiger partial charge in [0, 0.05) is 18.7 Å². The summed E-state index contributed by atoms with van der Waals surface area (Å²) in [5, 5.41) is 4.15. The van der Waals surface area contributed by atoms with Crippen LogP contribution in [-0.4, -0.2) is 39.1 Å². The van der Waals surface area contributed by atoms with E-state index in [1.165, 1.54) is 10.2 Å². The summed E-state index contributed by atoms with van der Waals surface area (Å²) < 4.78 is 25.3. The summed E-state index contributed by atoms with van der Waals surface area (Å²) in [6.07, 6.45) is 2.30. The number of rotatable bonds is 6. The number of nitrogens with zero attached hydrogens (tertiary/aromatic N) is 4. The van der Waals surface area contributed by atoms with Gasteiger partial charge < -0.3 is 9.47 Å². The van der Waals surface area contributed by atoms with E-state index in [-0.39, 0.29) is 6.10 Å². The molecule has 3 heterocycles. The van der Waals surface area contributed by atoms with Gasteiger partial charge in [-0.15, -0.1) is 0 Å². The van der Waals surface area contributed by atoms with Gasteiger partial charge in [-0.05, 0) is 18.6 Å². The molecule has 0 N–H and O–H groups in total. The first kappa shape index (κ1) is 16.7. The largest absolute Gasteiger partial charge is 0.469 e. The Morgan fingerprint density at radius 2 is 1.96 bits per heavy atom. The quantitative estimate of drug-likeness (QED) is 0.681. The first-order valence-electron chi connectivity index (χ1n) is 8.48. The van der Waals surface area contributed by atoms with Crippen LogP contribution in [0, 0.1) is 6.92 Å². The zero-order chi connectivity index (χ0) is 17.9. The van der Waals surface area contributed by atoms with Gasteiger partial charge in [0.1, 0.15) is 12.8 Å². The molecule has 0 amide bonds. The molecule has 0 aliphatic carbocycles. The summed E-state index contributed by atoms with van der Waals surface area (Å²) in [6.45, 7) is 2.54. The van der Waals surface area contributed by atoms with E-state index in [0.717, 1.165) is 11.3 Å². The lowest BCUT2D eigenvalue weighted by molar-refractivity contribution is -0.0814. The Morgan fingerprint density at radius 3 is 2.62 bits per heavy atom. The zero-order valence-corrected chi connectivity index (χ0v) is 14.4. The van der Waals surface area contributed by atoms with Crippen LogP contribution in [0.15, 0.2) is 42.6 Å². The van der Waals surface area contributed by atoms with Gasteiger partial charge in [-0.25, -0.2) is 14.1 Å². The third kappa shape index (κ3) is 3.72. The second-order valence-electron chi connectivity index (χ2n) is 6.32. The minimum Gasteiger partial charge on any atom is -0.469 e. The van der Waals surface area contributed by atoms with Crippen molar-refractivity contribution in [2.45, 2.75) is 26.1 Å². The van der Waals surface area contributed by atoms with E-state index in [1.807, 2.05) is 6.07 Å². The van der Waals surface area contributed by atoms with Crippen LogP contribution < -0.4 is 4.74 Å². The van der Waals surface area contributed by atoms with Crippen LogP contribution in [0.4, 0.5) is 4.39 Å². The highest BCUT2D eigenvalue weighted by molar-refractivity contribution is 5.30. The van der Waals surface area contributed by atoms with Crippen molar-refractivity contribution in [1.29, 1.82) is 0 Å². The molecule has 3 aromatic rings. The van der Waals surface area contributed by atoms with E-state index in [1.54, 1.807) is 12.3 Å². The Kier molecular flexibility index (Phi) is 4.62. The number of aryl methyl sites for hydroxylation is 1. The van der Waals surface area contributed by atoms with Crippen molar-refractivity contribution < 1.29 is 13.9 Å². The number of ether oxygens (including phenoxy) is 2. The van der Waals surface area contributed by atoms with Crippen LogP contribution >= 0.6 is 0 Å². The summed E-state index contributed by atoms with van der Waals surface area (Å²) in [5.74, 6) is 0.840. The smallest absolute Gasteiger partial charge is 0.254 e. The maximum absolute atomic E-state index is 12.8. The first-order chi connectivity index (χ1) is 12.7. The lowest BCUT2D eigenvalue weighted by Crippen LogP contribution is -2.38. The average Bonchev–Trinajstić information content (AvgIpc) is 3.09. The molecule has 0 bridgehead atoms. The monoisotopic (exact) mass is 354 g/mol. The molecule has 1 saturated heterocycles. The van der Waals surface area contributed by atoms with Crippen molar-refractivity contribution in [3.63, 3.8) is 0 Å². The highest BCUT2D eigenvalue weighted by Gasteiger charge is 2.21. The number of hydrogen-bond acceptors (Lipinski definition) is 5. The summed E-state index contributed by atoms with van der Waals surface area (Å²) >= 11 is 0. The predicted octanol–water partition coefficient (Wildman–Crippen LogP) is 2.81. The lowest BCUT2D eigenvalue weighted by Gasteiger charge is -2.26. The number of alkyl halides is 1. The van der Waals surface area contributed by atoms with Gasteiger partial charge in [0.05, 0.1) is 24.6 Å². The van der Waals surface area contributed by atoms with E-state index in [0.29, 0.717) is 37.2 Å². The van der Waals surface area contributed by atoms with E-state index in [9.17, 15) is 4.39 Å². The molecule has 26 heavy (non-hydrogen) atoms. The van der Waals surface area contributed by atoms with Crippen molar-refractivity contribution in [1.82, 2.24) is 19.7 Å². The second-order valence-corrected chi connectivity index (χ2v) is 6.32. The van der Waals surface area contributed by atoms with Crippen LogP contribution in [0.25, 0.3) is 5.95 Å². The number of hydrogen-bond donors (Lipinski definition) is 0. The Labute approximate surface area is 150 Å². The van der Waals surface area contributed by atoms with Crippen molar-refractivity contribution >= 4 is 0 Å². The molecule has 0 saturated carbocycles. The Balaban J connectivity index is 1.65. The molecule has 0 radical (unpaired) electrons. The fourth-order valence-electron chi connectivity index (χ4n) is 2.62. The molecule has 1 aliphatic rings. The van der Waals surface area contributed by atoms with E-state index < -0.39 is 6.67 Å². The highest BCUT2D eigenvalue weighted by atomic mass is 19.1. The summed E-state index contributed by atoms with van der Waals surface area (Å²) in [4.78, 5) is 8.99. The molecule has 4 rings (SSSR count). The topological polar surface area (TPSA) is 62.1 Å². The first-order valence-corrected chi connectivity index (χ1v) is 8.48. The molecule has 0 unspecified atom stereocenters. The number of benzene rings is 1. The zero-order valence-electron chi connectivity index (χ0n) is 14.4. The maximum atomic E-state index is 12.8. The van der Waals surface area contributed by atoms with Crippen LogP contribution in [0.3, 0.4) is 0 Å². The van der Waals surface area contributed by atoms with Crippen molar-refractivity contribution in [3.8, 4) is 11.8 Å². The summed E-state index contributed by atoms with van der Waals surface area (Å²) in [6, 6.07) is 11.7. The number of halogens is 1. The minimum absolute atomic E-state index is 0.00370. The molecule has 1 aliphatic heterocycles. The third-order valence-corrected chi connectivity index (χ3v) is 4.13. The van der Waals surface area contributed by atoms with E-state index in [4.69, 9.17) is 9.47 Å². The van der Waals surface area contributed by atoms with Gasteiger partial charge in [-0.1, -0.05) is 29.8 Å². The van der Waals surface area contributed by atoms with E-state index >= 15 is 0 Å². The van der Waals surface area contributed by atoms with Crippen molar-refractivity contribution in [3.05, 3.63) is 65.1 Å². The lowest BCUT2D eigenvalue weighted by atomic mass is 10.1. The van der Waals surface area contributed by atoms with Gasteiger partial charge in [0.2, 0.25) is 5.88 Å². The normalized spacial score (nSPS) is 14.2. The molecular weight excluding hydrogens is 335 g/mol. The molecule has 6 nitrogen and oxygen atoms in total. The second kappa shape index (κ2) is 7.21. The molecular formula is C19H19FN4O2. The van der Waals surface area contributed by atoms with Crippen molar-refractivity contribution in [2.24, 2.45) is 0 Å². The third-order valence-electron chi connectivity index (χ3n) is 4.13. The van der Waals surface area contributed by atoms with Crippen molar-refractivity contribution in [2.75, 3.05) is 13.2 Å². The average molecular weight is 354 g/mol. The Hall–Kier alpha value is -2.80. The van der Waals surface area contributed by atoms with E-state index in [2.05, 4.69) is 46.3 Å². The maximum Gasteiger partial charge on any atom is 0.254 e. The Morgan fingerprint density at radius 1 is 1.15 bits per heavy atom. The minimum atomic E-state index is -0.626. The van der Waals surface area contributed by atoms with Gasteiger partial charge in [0.25, 0.3) is 5.95 Å². The molecule has 0 spiro atoms. The molecule has 1 fully saturated rings. The SMILES string of the molecule is Cc1ccc(Cc2cc(OC3COC3)nc(-n3ccc(CF)n3)n2)cc1.